The number of carbonyl (C=O) groups excluding carboxylic acids is 2. The van der Waals surface area contributed by atoms with Gasteiger partial charge in [-0.15, -0.1) is 0 Å². The van der Waals surface area contributed by atoms with Crippen LogP contribution >= 0.6 is 0 Å². The van der Waals surface area contributed by atoms with E-state index in [9.17, 15) is 18.0 Å². The van der Waals surface area contributed by atoms with E-state index in [2.05, 4.69) is 10.0 Å². The summed E-state index contributed by atoms with van der Waals surface area (Å²) >= 11 is 0. The predicted octanol–water partition coefficient (Wildman–Crippen LogP) is 3.74. The fourth-order valence-corrected chi connectivity index (χ4v) is 4.47. The summed E-state index contributed by atoms with van der Waals surface area (Å²) in [6.07, 6.45) is -0.758. The fourth-order valence-electron chi connectivity index (χ4n) is 3.37. The standard InChI is InChI=1S/C23H20N2O6S/c1-30-17-11-9-15(10-12-17)25-32(28,29)18-6-4-5-16(13-18)24-22(26)14-21-19-7-2-3-8-20(19)23(27)31-21/h2-13,21,25H,14H2,1H3,(H,24,26). The van der Waals surface area contributed by atoms with Crippen LogP contribution in [-0.2, 0) is 19.6 Å². The van der Waals surface area contributed by atoms with Crippen molar-refractivity contribution < 1.29 is 27.5 Å². The first kappa shape index (κ1) is 21.4. The molecule has 3 aromatic rings. The van der Waals surface area contributed by atoms with Gasteiger partial charge in [-0.2, -0.15) is 0 Å². The molecular formula is C23H20N2O6S. The van der Waals surface area contributed by atoms with Crippen molar-refractivity contribution in [2.24, 2.45) is 0 Å². The average Bonchev–Trinajstić information content (AvgIpc) is 3.09. The van der Waals surface area contributed by atoms with Crippen molar-refractivity contribution >= 4 is 33.3 Å². The van der Waals surface area contributed by atoms with Crippen molar-refractivity contribution in [2.75, 3.05) is 17.1 Å². The maximum absolute atomic E-state index is 12.7. The molecule has 164 valence electrons. The van der Waals surface area contributed by atoms with Crippen molar-refractivity contribution in [3.63, 3.8) is 0 Å². The number of hydrogen-bond donors (Lipinski definition) is 2. The second kappa shape index (κ2) is 8.72. The second-order valence-electron chi connectivity index (χ2n) is 7.10. The molecule has 1 unspecified atom stereocenters. The van der Waals surface area contributed by atoms with Crippen LogP contribution in [0, 0.1) is 0 Å². The maximum Gasteiger partial charge on any atom is 0.339 e. The molecule has 0 saturated carbocycles. The van der Waals surface area contributed by atoms with Gasteiger partial charge in [0.1, 0.15) is 11.9 Å². The van der Waals surface area contributed by atoms with Gasteiger partial charge in [0.05, 0.1) is 24.0 Å². The van der Waals surface area contributed by atoms with Crippen molar-refractivity contribution in [1.82, 2.24) is 0 Å². The molecule has 0 fully saturated rings. The van der Waals surface area contributed by atoms with Crippen LogP contribution in [0.1, 0.15) is 28.4 Å². The molecule has 0 bridgehead atoms. The summed E-state index contributed by atoms with van der Waals surface area (Å²) in [4.78, 5) is 24.4. The lowest BCUT2D eigenvalue weighted by Crippen LogP contribution is -2.17. The number of sulfonamides is 1. The molecule has 3 aromatic carbocycles. The lowest BCUT2D eigenvalue weighted by molar-refractivity contribution is -0.118. The molecule has 0 aromatic heterocycles. The van der Waals surface area contributed by atoms with Gasteiger partial charge in [-0.25, -0.2) is 13.2 Å². The van der Waals surface area contributed by atoms with Gasteiger partial charge >= 0.3 is 5.97 Å². The molecule has 9 heteroatoms. The third kappa shape index (κ3) is 4.57. The summed E-state index contributed by atoms with van der Waals surface area (Å²) in [7, 11) is -2.35. The number of ether oxygens (including phenoxy) is 2. The first-order chi connectivity index (χ1) is 15.4. The number of rotatable bonds is 7. The number of esters is 1. The number of methoxy groups -OCH3 is 1. The Bertz CT molecular complexity index is 1270. The molecule has 8 nitrogen and oxygen atoms in total. The number of cyclic esters (lactones) is 1. The molecule has 1 atom stereocenters. The summed E-state index contributed by atoms with van der Waals surface area (Å²) < 4.78 is 38.3. The highest BCUT2D eigenvalue weighted by molar-refractivity contribution is 7.92. The Hall–Kier alpha value is -3.85. The lowest BCUT2D eigenvalue weighted by Gasteiger charge is -2.13. The minimum atomic E-state index is -3.87. The van der Waals surface area contributed by atoms with Gasteiger partial charge < -0.3 is 14.8 Å². The van der Waals surface area contributed by atoms with Gasteiger partial charge in [-0.05, 0) is 48.5 Å². The minimum absolute atomic E-state index is 0.0104. The number of nitrogens with one attached hydrogen (secondary N) is 2. The van der Waals surface area contributed by atoms with Crippen LogP contribution in [-0.4, -0.2) is 27.4 Å². The van der Waals surface area contributed by atoms with Crippen molar-refractivity contribution in [1.29, 1.82) is 0 Å². The predicted molar refractivity (Wildman–Crippen MR) is 118 cm³/mol. The van der Waals surface area contributed by atoms with Gasteiger partial charge in [0.15, 0.2) is 0 Å². The summed E-state index contributed by atoms with van der Waals surface area (Å²) in [6.45, 7) is 0. The first-order valence-corrected chi connectivity index (χ1v) is 11.2. The maximum atomic E-state index is 12.7. The Morgan fingerprint density at radius 3 is 2.50 bits per heavy atom. The Labute approximate surface area is 185 Å². The van der Waals surface area contributed by atoms with E-state index in [1.807, 2.05) is 0 Å². The molecule has 2 N–H and O–H groups in total. The van der Waals surface area contributed by atoms with Crippen LogP contribution < -0.4 is 14.8 Å². The molecule has 1 aliphatic rings. The van der Waals surface area contributed by atoms with Crippen molar-refractivity contribution in [2.45, 2.75) is 17.4 Å². The van der Waals surface area contributed by atoms with Crippen molar-refractivity contribution in [3.8, 4) is 5.75 Å². The molecule has 0 radical (unpaired) electrons. The Kier molecular flexibility index (Phi) is 5.83. The normalized spacial score (nSPS) is 14.9. The molecule has 0 spiro atoms. The number of hydrogen-bond acceptors (Lipinski definition) is 6. The highest BCUT2D eigenvalue weighted by Crippen LogP contribution is 2.33. The zero-order chi connectivity index (χ0) is 22.7. The summed E-state index contributed by atoms with van der Waals surface area (Å²) in [6, 6.07) is 19.3. The smallest absolute Gasteiger partial charge is 0.339 e. The van der Waals surface area contributed by atoms with Crippen LogP contribution in [0.15, 0.2) is 77.7 Å². The zero-order valence-corrected chi connectivity index (χ0v) is 17.9. The monoisotopic (exact) mass is 452 g/mol. The van der Waals surface area contributed by atoms with E-state index in [1.54, 1.807) is 54.6 Å². The van der Waals surface area contributed by atoms with Gasteiger partial charge in [0.2, 0.25) is 5.91 Å². The van der Waals surface area contributed by atoms with Crippen molar-refractivity contribution in [3.05, 3.63) is 83.9 Å². The van der Waals surface area contributed by atoms with E-state index in [4.69, 9.17) is 9.47 Å². The molecular weight excluding hydrogens is 432 g/mol. The summed E-state index contributed by atoms with van der Waals surface area (Å²) in [5, 5.41) is 2.67. The molecule has 0 aliphatic carbocycles. The molecule has 1 amide bonds. The van der Waals surface area contributed by atoms with E-state index in [-0.39, 0.29) is 11.3 Å². The largest absolute Gasteiger partial charge is 0.497 e. The minimum Gasteiger partial charge on any atom is -0.497 e. The Morgan fingerprint density at radius 2 is 1.75 bits per heavy atom. The van der Waals surface area contributed by atoms with Crippen LogP contribution in [0.2, 0.25) is 0 Å². The highest BCUT2D eigenvalue weighted by Gasteiger charge is 2.32. The first-order valence-electron chi connectivity index (χ1n) is 9.72. The molecule has 0 saturated heterocycles. The Balaban J connectivity index is 1.44. The number of anilines is 2. The summed E-state index contributed by atoms with van der Waals surface area (Å²) in [5.41, 5.74) is 1.79. The SMILES string of the molecule is COc1ccc(NS(=O)(=O)c2cccc(NC(=O)CC3OC(=O)c4ccccc43)c2)cc1. The number of amides is 1. The van der Waals surface area contributed by atoms with Crippen LogP contribution in [0.4, 0.5) is 11.4 Å². The van der Waals surface area contributed by atoms with Gasteiger partial charge in [-0.1, -0.05) is 24.3 Å². The van der Waals surface area contributed by atoms with Gasteiger partial charge in [-0.3, -0.25) is 9.52 Å². The number of benzene rings is 3. The van der Waals surface area contributed by atoms with Crippen LogP contribution in [0.3, 0.4) is 0 Å². The van der Waals surface area contributed by atoms with Gasteiger partial charge in [0, 0.05) is 16.9 Å². The fraction of sp³-hybridized carbons (Fsp3) is 0.130. The van der Waals surface area contributed by atoms with Gasteiger partial charge in [0.25, 0.3) is 10.0 Å². The molecule has 1 heterocycles. The quantitative estimate of drug-likeness (QED) is 0.529. The molecule has 32 heavy (non-hydrogen) atoms. The Morgan fingerprint density at radius 1 is 1.00 bits per heavy atom. The lowest BCUT2D eigenvalue weighted by atomic mass is 10.0. The highest BCUT2D eigenvalue weighted by atomic mass is 32.2. The third-order valence-corrected chi connectivity index (χ3v) is 6.30. The van der Waals surface area contributed by atoms with Crippen LogP contribution in [0.5, 0.6) is 5.75 Å². The number of carbonyl (C=O) groups is 2. The van der Waals surface area contributed by atoms with E-state index in [0.29, 0.717) is 28.3 Å². The van der Waals surface area contributed by atoms with E-state index >= 15 is 0 Å². The molecule has 4 rings (SSSR count). The second-order valence-corrected chi connectivity index (χ2v) is 8.78. The number of fused-ring (bicyclic) bond motifs is 1. The van der Waals surface area contributed by atoms with Crippen LogP contribution in [0.25, 0.3) is 0 Å². The topological polar surface area (TPSA) is 111 Å². The van der Waals surface area contributed by atoms with E-state index < -0.39 is 28.0 Å². The summed E-state index contributed by atoms with van der Waals surface area (Å²) in [5.74, 6) is -0.263. The molecule has 1 aliphatic heterocycles. The third-order valence-electron chi connectivity index (χ3n) is 4.92. The van der Waals surface area contributed by atoms with E-state index in [0.717, 1.165) is 0 Å². The zero-order valence-electron chi connectivity index (χ0n) is 17.1. The average molecular weight is 452 g/mol. The van der Waals surface area contributed by atoms with E-state index in [1.165, 1.54) is 25.3 Å².